The summed E-state index contributed by atoms with van der Waals surface area (Å²) in [6.07, 6.45) is 0. The van der Waals surface area contributed by atoms with Gasteiger partial charge in [-0.25, -0.2) is 0 Å². The third kappa shape index (κ3) is 8.04. The van der Waals surface area contributed by atoms with Crippen molar-refractivity contribution in [3.8, 4) is 22.3 Å². The Morgan fingerprint density at radius 3 is 1.12 bits per heavy atom. The van der Waals surface area contributed by atoms with Crippen molar-refractivity contribution >= 4 is 12.9 Å². The molecular formula is C43H65O4P. The molecule has 0 heterocycles. The highest BCUT2D eigenvalue weighted by Crippen LogP contribution is 2.54. The average Bonchev–Trinajstić information content (AvgIpc) is 2.87. The lowest BCUT2D eigenvalue weighted by molar-refractivity contribution is 0.279. The van der Waals surface area contributed by atoms with Gasteiger partial charge >= 0.3 is 7.60 Å². The third-order valence-electron chi connectivity index (χ3n) is 9.45. The van der Waals surface area contributed by atoms with Crippen LogP contribution in [0.25, 0.3) is 22.3 Å². The van der Waals surface area contributed by atoms with E-state index in [-0.39, 0.29) is 33.6 Å². The van der Waals surface area contributed by atoms with Crippen LogP contribution in [0.1, 0.15) is 164 Å². The first-order valence-electron chi connectivity index (χ1n) is 17.5. The molecule has 0 unspecified atom stereocenters. The summed E-state index contributed by atoms with van der Waals surface area (Å²) >= 11 is 0. The minimum atomic E-state index is -4.91. The fraction of sp³-hybridized carbons (Fsp3) is 0.581. The number of hydrogen-bond acceptors (Lipinski definition) is 2. The van der Waals surface area contributed by atoms with E-state index in [2.05, 4.69) is 140 Å². The summed E-state index contributed by atoms with van der Waals surface area (Å²) in [4.78, 5) is 22.9. The van der Waals surface area contributed by atoms with E-state index < -0.39 is 18.4 Å². The maximum Gasteiger partial charge on any atom is 0.357 e. The summed E-state index contributed by atoms with van der Waals surface area (Å²) < 4.78 is 14.1. The van der Waals surface area contributed by atoms with Crippen molar-refractivity contribution in [2.45, 2.75) is 164 Å². The Bertz CT molecular complexity index is 1730. The van der Waals surface area contributed by atoms with Crippen LogP contribution in [0.3, 0.4) is 0 Å². The first-order valence-corrected chi connectivity index (χ1v) is 19.1. The lowest BCUT2D eigenvalue weighted by Gasteiger charge is -2.39. The van der Waals surface area contributed by atoms with Crippen LogP contribution in [0.5, 0.6) is 0 Å². The normalized spacial score (nSPS) is 14.1. The minimum absolute atomic E-state index is 0.0327. The molecule has 3 aromatic rings. The van der Waals surface area contributed by atoms with Gasteiger partial charge in [0.1, 0.15) is 0 Å². The number of aliphatic hydroxyl groups excluding tert-OH is 1. The van der Waals surface area contributed by atoms with Crippen molar-refractivity contribution in [3.63, 3.8) is 0 Å². The van der Waals surface area contributed by atoms with Gasteiger partial charge in [-0.05, 0) is 88.1 Å². The van der Waals surface area contributed by atoms with Gasteiger partial charge in [-0.15, -0.1) is 0 Å². The number of hydrogen-bond donors (Lipinski definition) is 3. The molecule has 0 aliphatic carbocycles. The molecule has 3 rings (SSSR count). The molecule has 0 aliphatic rings. The molecule has 0 radical (unpaired) electrons. The van der Waals surface area contributed by atoms with Gasteiger partial charge < -0.3 is 14.9 Å². The summed E-state index contributed by atoms with van der Waals surface area (Å²) in [6.45, 7) is 38.4. The summed E-state index contributed by atoms with van der Waals surface area (Å²) in [6, 6.07) is 13.1. The van der Waals surface area contributed by atoms with Crippen molar-refractivity contribution in [3.05, 3.63) is 75.3 Å². The highest BCUT2D eigenvalue weighted by Gasteiger charge is 2.42. The van der Waals surface area contributed by atoms with E-state index in [1.807, 2.05) is 20.8 Å². The van der Waals surface area contributed by atoms with Crippen LogP contribution in [-0.4, -0.2) is 14.9 Å². The Hall–Kier alpha value is -2.23. The summed E-state index contributed by atoms with van der Waals surface area (Å²) in [5.41, 5.74) is 7.79. The summed E-state index contributed by atoms with van der Waals surface area (Å²) in [5, 5.41) is 11.4. The Labute approximate surface area is 293 Å². The van der Waals surface area contributed by atoms with Crippen molar-refractivity contribution in [2.75, 3.05) is 0 Å². The molecular weight excluding hydrogens is 611 g/mol. The highest BCUT2D eigenvalue weighted by molar-refractivity contribution is 7.60. The molecule has 0 atom stereocenters. The molecule has 3 N–H and O–H groups in total. The second kappa shape index (κ2) is 12.5. The molecule has 5 heteroatoms. The first-order chi connectivity index (χ1) is 21.2. The minimum Gasteiger partial charge on any atom is -0.392 e. The van der Waals surface area contributed by atoms with E-state index in [0.717, 1.165) is 33.4 Å². The van der Waals surface area contributed by atoms with E-state index in [1.165, 1.54) is 11.1 Å². The SMILES string of the molecule is CC(C)(C)c1ccc(-c2c(CO)c(C(C)(C)C)c(P(=O)(O)O)c(-c3ccc(C(C)(C)C)cc3C(C)(C)C)c2C(C)(C)C)c(C(C)(C)C)c1. The third-order valence-corrected chi connectivity index (χ3v) is 10.5. The van der Waals surface area contributed by atoms with Crippen molar-refractivity contribution in [1.82, 2.24) is 0 Å². The second-order valence-corrected chi connectivity index (χ2v) is 21.6. The van der Waals surface area contributed by atoms with Gasteiger partial charge in [0, 0.05) is 5.56 Å². The van der Waals surface area contributed by atoms with Crippen LogP contribution in [-0.2, 0) is 43.7 Å². The second-order valence-electron chi connectivity index (χ2n) is 20.1. The topological polar surface area (TPSA) is 77.8 Å². The molecule has 48 heavy (non-hydrogen) atoms. The standard InChI is InChI=1S/C43H65O4P/c1-38(2,3)26-19-21-28(31(23-26)40(7,8)9)33-30(25-44)35(42(13,14)15)37(48(45,46)47)34(36(33)43(16,17)18)29-22-20-27(39(4,5)6)24-32(29)41(10,11)12/h19-24,44H,25H2,1-18H3,(H2,45,46,47). The van der Waals surface area contributed by atoms with Crippen LogP contribution in [0, 0.1) is 0 Å². The number of rotatable bonds is 4. The molecule has 0 saturated heterocycles. The Balaban J connectivity index is 2.95. The molecule has 0 aromatic heterocycles. The van der Waals surface area contributed by atoms with E-state index in [9.17, 15) is 19.5 Å². The lowest BCUT2D eigenvalue weighted by atomic mass is 9.67. The zero-order valence-electron chi connectivity index (χ0n) is 33.4. The highest BCUT2D eigenvalue weighted by atomic mass is 31.2. The van der Waals surface area contributed by atoms with E-state index in [0.29, 0.717) is 16.7 Å². The van der Waals surface area contributed by atoms with Gasteiger partial charge in [0.05, 0.1) is 11.9 Å². The molecule has 266 valence electrons. The maximum atomic E-state index is 14.1. The van der Waals surface area contributed by atoms with Gasteiger partial charge in [0.25, 0.3) is 0 Å². The number of aliphatic hydroxyl groups is 1. The van der Waals surface area contributed by atoms with Gasteiger partial charge in [0.2, 0.25) is 0 Å². The van der Waals surface area contributed by atoms with Crippen LogP contribution in [0.2, 0.25) is 0 Å². The Morgan fingerprint density at radius 2 is 0.854 bits per heavy atom. The van der Waals surface area contributed by atoms with Gasteiger partial charge in [-0.1, -0.05) is 161 Å². The van der Waals surface area contributed by atoms with Crippen molar-refractivity contribution in [1.29, 1.82) is 0 Å². The van der Waals surface area contributed by atoms with Crippen LogP contribution in [0.4, 0.5) is 0 Å². The Morgan fingerprint density at radius 1 is 0.500 bits per heavy atom. The van der Waals surface area contributed by atoms with Gasteiger partial charge in [0.15, 0.2) is 0 Å². The Kier molecular flexibility index (Phi) is 10.5. The molecule has 0 saturated carbocycles. The van der Waals surface area contributed by atoms with E-state index >= 15 is 0 Å². The van der Waals surface area contributed by atoms with E-state index in [4.69, 9.17) is 0 Å². The molecule has 4 nitrogen and oxygen atoms in total. The maximum absolute atomic E-state index is 14.1. The van der Waals surface area contributed by atoms with E-state index in [1.54, 1.807) is 0 Å². The number of benzene rings is 3. The molecule has 0 aliphatic heterocycles. The summed E-state index contributed by atoms with van der Waals surface area (Å²) in [7, 11) is -4.91. The molecule has 3 aromatic carbocycles. The molecule has 0 spiro atoms. The predicted octanol–water partition coefficient (Wildman–Crippen LogP) is 11.1. The van der Waals surface area contributed by atoms with Crippen molar-refractivity contribution in [2.24, 2.45) is 0 Å². The smallest absolute Gasteiger partial charge is 0.357 e. The van der Waals surface area contributed by atoms with Crippen molar-refractivity contribution < 1.29 is 19.5 Å². The zero-order valence-corrected chi connectivity index (χ0v) is 34.3. The monoisotopic (exact) mass is 676 g/mol. The molecule has 0 fully saturated rings. The fourth-order valence-electron chi connectivity index (χ4n) is 7.05. The predicted molar refractivity (Wildman–Crippen MR) is 207 cm³/mol. The fourth-order valence-corrected chi connectivity index (χ4v) is 8.34. The van der Waals surface area contributed by atoms with Gasteiger partial charge in [-0.3, -0.25) is 4.57 Å². The lowest BCUT2D eigenvalue weighted by Crippen LogP contribution is -2.33. The molecule has 0 bridgehead atoms. The van der Waals surface area contributed by atoms with Crippen LogP contribution in [0.15, 0.2) is 36.4 Å². The summed E-state index contributed by atoms with van der Waals surface area (Å²) in [5.74, 6) is 0. The largest absolute Gasteiger partial charge is 0.392 e. The zero-order chi connectivity index (χ0) is 37.4. The van der Waals surface area contributed by atoms with Crippen LogP contribution < -0.4 is 5.30 Å². The quantitative estimate of drug-likeness (QED) is 0.240. The first kappa shape index (κ1) is 40.2. The average molecular weight is 677 g/mol. The van der Waals surface area contributed by atoms with Gasteiger partial charge in [-0.2, -0.15) is 0 Å². The van der Waals surface area contributed by atoms with Crippen LogP contribution >= 0.6 is 7.60 Å². The molecule has 0 amide bonds.